The molecule has 162 valence electrons. The summed E-state index contributed by atoms with van der Waals surface area (Å²) in [4.78, 5) is 13.7. The van der Waals surface area contributed by atoms with E-state index in [1.165, 1.54) is 26.3 Å². The quantitative estimate of drug-likeness (QED) is 0.751. The van der Waals surface area contributed by atoms with E-state index in [2.05, 4.69) is 5.32 Å². The number of halogens is 3. The SMILES string of the molecule is COc1cccc([C@@](O)(C(=O)N(C)CCC2CC3(CCNCC3)C2)C(F)(F)F)c1. The maximum absolute atomic E-state index is 13.8. The fraction of sp³-hybridized carbons (Fsp3) is 0.667. The van der Waals surface area contributed by atoms with E-state index in [1.54, 1.807) is 0 Å². The molecule has 2 aliphatic rings. The van der Waals surface area contributed by atoms with Crippen LogP contribution in [0.4, 0.5) is 13.2 Å². The summed E-state index contributed by atoms with van der Waals surface area (Å²) in [5.74, 6) is -0.810. The van der Waals surface area contributed by atoms with Crippen LogP contribution < -0.4 is 10.1 Å². The van der Waals surface area contributed by atoms with Crippen molar-refractivity contribution in [2.24, 2.45) is 11.3 Å². The number of carbonyl (C=O) groups excluding carboxylic acids is 1. The van der Waals surface area contributed by atoms with Crippen molar-refractivity contribution in [1.29, 1.82) is 0 Å². The van der Waals surface area contributed by atoms with E-state index in [0.29, 0.717) is 17.8 Å². The van der Waals surface area contributed by atoms with Gasteiger partial charge in [0.15, 0.2) is 0 Å². The zero-order valence-corrected chi connectivity index (χ0v) is 16.9. The number of carbonyl (C=O) groups is 1. The van der Waals surface area contributed by atoms with Crippen LogP contribution in [-0.2, 0) is 10.4 Å². The third kappa shape index (κ3) is 4.23. The number of methoxy groups -OCH3 is 1. The Kier molecular flexibility index (Phi) is 6.15. The lowest BCUT2D eigenvalue weighted by molar-refractivity contribution is -0.261. The molecule has 2 N–H and O–H groups in total. The summed E-state index contributed by atoms with van der Waals surface area (Å²) >= 11 is 0. The van der Waals surface area contributed by atoms with Gasteiger partial charge in [0.2, 0.25) is 0 Å². The van der Waals surface area contributed by atoms with Gasteiger partial charge < -0.3 is 20.1 Å². The van der Waals surface area contributed by atoms with Gasteiger partial charge in [-0.1, -0.05) is 12.1 Å². The molecule has 1 aromatic carbocycles. The molecule has 1 saturated heterocycles. The lowest BCUT2D eigenvalue weighted by Crippen LogP contribution is -2.55. The van der Waals surface area contributed by atoms with E-state index < -0.39 is 23.2 Å². The van der Waals surface area contributed by atoms with Gasteiger partial charge in [0.05, 0.1) is 7.11 Å². The van der Waals surface area contributed by atoms with Crippen LogP contribution in [0, 0.1) is 11.3 Å². The van der Waals surface area contributed by atoms with Gasteiger partial charge in [-0.15, -0.1) is 0 Å². The first-order valence-electron chi connectivity index (χ1n) is 10.0. The van der Waals surface area contributed by atoms with Crippen LogP contribution in [0.2, 0.25) is 0 Å². The van der Waals surface area contributed by atoms with E-state index in [-0.39, 0.29) is 12.3 Å². The van der Waals surface area contributed by atoms with Crippen molar-refractivity contribution < 1.29 is 27.8 Å². The molecule has 0 bridgehead atoms. The van der Waals surface area contributed by atoms with Crippen molar-refractivity contribution in [1.82, 2.24) is 10.2 Å². The molecule has 1 aliphatic carbocycles. The number of amides is 1. The molecule has 1 spiro atoms. The van der Waals surface area contributed by atoms with Gasteiger partial charge in [0.25, 0.3) is 11.5 Å². The molecule has 1 aliphatic heterocycles. The number of aliphatic hydroxyl groups is 1. The normalized spacial score (nSPS) is 21.3. The zero-order valence-electron chi connectivity index (χ0n) is 16.9. The number of piperidine rings is 1. The largest absolute Gasteiger partial charge is 0.497 e. The van der Waals surface area contributed by atoms with Crippen molar-refractivity contribution in [2.45, 2.75) is 43.9 Å². The summed E-state index contributed by atoms with van der Waals surface area (Å²) in [5.41, 5.74) is -3.77. The molecular weight excluding hydrogens is 385 g/mol. The Morgan fingerprint density at radius 3 is 2.55 bits per heavy atom. The van der Waals surface area contributed by atoms with Gasteiger partial charge in [-0.25, -0.2) is 0 Å². The number of nitrogens with one attached hydrogen (secondary N) is 1. The highest BCUT2D eigenvalue weighted by atomic mass is 19.4. The van der Waals surface area contributed by atoms with Crippen molar-refractivity contribution >= 4 is 5.91 Å². The Hall–Kier alpha value is -1.80. The third-order valence-corrected chi connectivity index (χ3v) is 6.53. The van der Waals surface area contributed by atoms with E-state index in [0.717, 1.165) is 55.8 Å². The van der Waals surface area contributed by atoms with Crippen molar-refractivity contribution in [3.8, 4) is 5.75 Å². The van der Waals surface area contributed by atoms with Crippen LogP contribution in [0.1, 0.15) is 37.7 Å². The summed E-state index contributed by atoms with van der Waals surface area (Å²) in [6.45, 7) is 2.22. The van der Waals surface area contributed by atoms with Crippen LogP contribution in [0.5, 0.6) is 5.75 Å². The van der Waals surface area contributed by atoms with Crippen LogP contribution in [-0.4, -0.2) is 55.9 Å². The molecule has 1 heterocycles. The average Bonchev–Trinajstić information content (AvgIpc) is 2.69. The molecule has 2 fully saturated rings. The standard InChI is InChI=1S/C21H29F3N2O3/c1-26(11-6-15-13-19(14-15)7-9-25-10-8-19)18(27)20(28,21(22,23)24)16-4-3-5-17(12-16)29-2/h3-5,12,15,25,28H,6-11,13-14H2,1-2H3/t20-/m1/s1. The second kappa shape index (κ2) is 8.14. The molecule has 1 saturated carbocycles. The molecule has 29 heavy (non-hydrogen) atoms. The molecular formula is C21H29F3N2O3. The second-order valence-corrected chi connectivity index (χ2v) is 8.48. The molecule has 1 amide bonds. The molecule has 5 nitrogen and oxygen atoms in total. The van der Waals surface area contributed by atoms with Gasteiger partial charge in [-0.3, -0.25) is 4.79 Å². The number of hydrogen-bond donors (Lipinski definition) is 2. The van der Waals surface area contributed by atoms with Crippen LogP contribution in [0.3, 0.4) is 0 Å². The van der Waals surface area contributed by atoms with E-state index >= 15 is 0 Å². The maximum atomic E-state index is 13.8. The minimum Gasteiger partial charge on any atom is -0.497 e. The maximum Gasteiger partial charge on any atom is 0.430 e. The first-order valence-corrected chi connectivity index (χ1v) is 10.0. The van der Waals surface area contributed by atoms with E-state index in [1.807, 2.05) is 0 Å². The molecule has 3 rings (SSSR count). The van der Waals surface area contributed by atoms with E-state index in [9.17, 15) is 23.1 Å². The Bertz CT molecular complexity index is 726. The van der Waals surface area contributed by atoms with Gasteiger partial charge in [0, 0.05) is 19.2 Å². The second-order valence-electron chi connectivity index (χ2n) is 8.48. The smallest absolute Gasteiger partial charge is 0.430 e. The zero-order chi connectivity index (χ0) is 21.3. The summed E-state index contributed by atoms with van der Waals surface area (Å²) < 4.78 is 46.4. The number of alkyl halides is 3. The number of hydrogen-bond acceptors (Lipinski definition) is 4. The summed E-state index contributed by atoms with van der Waals surface area (Å²) in [6, 6.07) is 4.92. The average molecular weight is 414 g/mol. The van der Waals surface area contributed by atoms with Crippen molar-refractivity contribution in [2.75, 3.05) is 33.8 Å². The van der Waals surface area contributed by atoms with Crippen molar-refractivity contribution in [3.63, 3.8) is 0 Å². The number of rotatable bonds is 6. The van der Waals surface area contributed by atoms with E-state index in [4.69, 9.17) is 4.74 Å². The lowest BCUT2D eigenvalue weighted by Gasteiger charge is -2.51. The highest BCUT2D eigenvalue weighted by Crippen LogP contribution is 2.52. The Morgan fingerprint density at radius 1 is 1.31 bits per heavy atom. The number of benzene rings is 1. The lowest BCUT2D eigenvalue weighted by atomic mass is 9.57. The van der Waals surface area contributed by atoms with Crippen molar-refractivity contribution in [3.05, 3.63) is 29.8 Å². The van der Waals surface area contributed by atoms with Gasteiger partial charge >= 0.3 is 6.18 Å². The Labute approximate surface area is 169 Å². The predicted molar refractivity (Wildman–Crippen MR) is 102 cm³/mol. The first kappa shape index (κ1) is 21.9. The summed E-state index contributed by atoms with van der Waals surface area (Å²) in [5, 5.41) is 13.9. The molecule has 8 heteroatoms. The topological polar surface area (TPSA) is 61.8 Å². The Balaban J connectivity index is 1.66. The molecule has 0 radical (unpaired) electrons. The third-order valence-electron chi connectivity index (χ3n) is 6.53. The number of nitrogens with zero attached hydrogens (tertiary/aromatic N) is 1. The first-order chi connectivity index (χ1) is 13.6. The Morgan fingerprint density at radius 2 is 1.97 bits per heavy atom. The van der Waals surface area contributed by atoms with Gasteiger partial charge in [-0.2, -0.15) is 13.2 Å². The fourth-order valence-corrected chi connectivity index (χ4v) is 4.74. The molecule has 1 atom stereocenters. The molecule has 0 unspecified atom stereocenters. The number of likely N-dealkylation sites (N-methyl/N-ethyl adjacent to an activating group) is 1. The fourth-order valence-electron chi connectivity index (χ4n) is 4.74. The number of ether oxygens (including phenoxy) is 1. The van der Waals surface area contributed by atoms with Crippen LogP contribution in [0.25, 0.3) is 0 Å². The summed E-state index contributed by atoms with van der Waals surface area (Å²) in [7, 11) is 2.63. The minimum atomic E-state index is -5.15. The van der Waals surface area contributed by atoms with Crippen LogP contribution >= 0.6 is 0 Å². The predicted octanol–water partition coefficient (Wildman–Crippen LogP) is 3.07. The minimum absolute atomic E-state index is 0.141. The van der Waals surface area contributed by atoms with Gasteiger partial charge in [-0.05, 0) is 68.7 Å². The van der Waals surface area contributed by atoms with Gasteiger partial charge in [0.1, 0.15) is 5.75 Å². The highest BCUT2D eigenvalue weighted by Gasteiger charge is 2.61. The van der Waals surface area contributed by atoms with Crippen LogP contribution in [0.15, 0.2) is 24.3 Å². The monoisotopic (exact) mass is 414 g/mol. The highest BCUT2D eigenvalue weighted by molar-refractivity contribution is 5.87. The summed E-state index contributed by atoms with van der Waals surface area (Å²) in [6.07, 6.45) is -0.0973. The molecule has 1 aromatic rings. The molecule has 0 aromatic heterocycles.